The number of hydrogen-bond donors (Lipinski definition) is 0. The first kappa shape index (κ1) is 15.9. The summed E-state index contributed by atoms with van der Waals surface area (Å²) in [5.74, 6) is 1.51. The highest BCUT2D eigenvalue weighted by Gasteiger charge is 2.28. The van der Waals surface area contributed by atoms with Gasteiger partial charge in [0.1, 0.15) is 19.3 Å². The molecule has 1 saturated heterocycles. The minimum absolute atomic E-state index is 0.144. The van der Waals surface area contributed by atoms with Crippen LogP contribution in [0.1, 0.15) is 13.8 Å². The van der Waals surface area contributed by atoms with Crippen LogP contribution in [-0.4, -0.2) is 62.9 Å². The molecule has 1 aromatic carbocycles. The number of carbonyl (C=O) groups excluding carboxylic acids is 1. The van der Waals surface area contributed by atoms with Crippen molar-refractivity contribution >= 4 is 11.7 Å². The van der Waals surface area contributed by atoms with E-state index in [4.69, 9.17) is 14.2 Å². The third-order valence-corrected chi connectivity index (χ3v) is 4.38. The number of carbonyl (C=O) groups is 1. The van der Waals surface area contributed by atoms with E-state index in [0.29, 0.717) is 19.8 Å². The first-order valence-electron chi connectivity index (χ1n) is 8.25. The van der Waals surface area contributed by atoms with Crippen molar-refractivity contribution < 1.29 is 19.0 Å². The van der Waals surface area contributed by atoms with Gasteiger partial charge in [0.25, 0.3) is 0 Å². The van der Waals surface area contributed by atoms with Crippen molar-refractivity contribution in [2.75, 3.05) is 50.9 Å². The van der Waals surface area contributed by atoms with Crippen LogP contribution in [0.5, 0.6) is 11.5 Å². The van der Waals surface area contributed by atoms with Crippen LogP contribution < -0.4 is 14.4 Å². The molecule has 2 aliphatic heterocycles. The summed E-state index contributed by atoms with van der Waals surface area (Å²) in [6, 6.07) is 5.81. The predicted octanol–water partition coefficient (Wildman–Crippen LogP) is 1.53. The molecule has 2 heterocycles. The maximum atomic E-state index is 11.9. The Bertz CT molecular complexity index is 556. The average Bonchev–Trinajstić information content (AvgIpc) is 2.61. The number of benzene rings is 1. The summed E-state index contributed by atoms with van der Waals surface area (Å²) >= 11 is 0. The third kappa shape index (κ3) is 3.37. The molecule has 0 N–H and O–H groups in total. The molecule has 0 unspecified atom stereocenters. The quantitative estimate of drug-likeness (QED) is 0.784. The van der Waals surface area contributed by atoms with Gasteiger partial charge in [0, 0.05) is 26.2 Å². The minimum atomic E-state index is -0.193. The van der Waals surface area contributed by atoms with Gasteiger partial charge >= 0.3 is 5.97 Å². The van der Waals surface area contributed by atoms with E-state index >= 15 is 0 Å². The van der Waals surface area contributed by atoms with Gasteiger partial charge in [-0.05, 0) is 26.0 Å². The lowest BCUT2D eigenvalue weighted by Crippen LogP contribution is -2.52. The molecule has 1 fully saturated rings. The predicted molar refractivity (Wildman–Crippen MR) is 87.3 cm³/mol. The second-order valence-electron chi connectivity index (χ2n) is 5.75. The fourth-order valence-electron chi connectivity index (χ4n) is 3.07. The van der Waals surface area contributed by atoms with E-state index in [1.807, 2.05) is 26.0 Å². The van der Waals surface area contributed by atoms with Crippen molar-refractivity contribution in [1.29, 1.82) is 0 Å². The Morgan fingerprint density at radius 2 is 1.96 bits per heavy atom. The van der Waals surface area contributed by atoms with Crippen molar-refractivity contribution in [1.82, 2.24) is 4.90 Å². The normalized spacial score (nSPS) is 19.3. The number of piperazine rings is 1. The molecular formula is C17H24N2O4. The van der Waals surface area contributed by atoms with Crippen LogP contribution in [0.15, 0.2) is 18.2 Å². The first-order valence-corrected chi connectivity index (χ1v) is 8.25. The fraction of sp³-hybridized carbons (Fsp3) is 0.588. The Balaban J connectivity index is 1.64. The van der Waals surface area contributed by atoms with Gasteiger partial charge in [-0.3, -0.25) is 9.69 Å². The molecule has 0 aromatic heterocycles. The van der Waals surface area contributed by atoms with E-state index in [1.54, 1.807) is 0 Å². The molecule has 126 valence electrons. The van der Waals surface area contributed by atoms with Gasteiger partial charge in [0.05, 0.1) is 12.3 Å². The number of fused-ring (bicyclic) bond motifs is 1. The molecule has 0 bridgehead atoms. The Kier molecular flexibility index (Phi) is 4.91. The van der Waals surface area contributed by atoms with E-state index < -0.39 is 0 Å². The summed E-state index contributed by atoms with van der Waals surface area (Å²) in [4.78, 5) is 16.3. The van der Waals surface area contributed by atoms with Crippen LogP contribution in [0.2, 0.25) is 0 Å². The lowest BCUT2D eigenvalue weighted by molar-refractivity contribution is -0.149. The molecule has 6 nitrogen and oxygen atoms in total. The highest BCUT2D eigenvalue weighted by molar-refractivity contribution is 5.75. The number of rotatable bonds is 4. The summed E-state index contributed by atoms with van der Waals surface area (Å²) in [5, 5.41) is 0. The Morgan fingerprint density at radius 3 is 2.70 bits per heavy atom. The van der Waals surface area contributed by atoms with Crippen LogP contribution in [0, 0.1) is 0 Å². The molecule has 2 aliphatic rings. The van der Waals surface area contributed by atoms with Gasteiger partial charge in [0.15, 0.2) is 11.5 Å². The maximum absolute atomic E-state index is 11.9. The highest BCUT2D eigenvalue weighted by Crippen LogP contribution is 2.39. The molecule has 0 aliphatic carbocycles. The molecular weight excluding hydrogens is 296 g/mol. The van der Waals surface area contributed by atoms with Gasteiger partial charge in [-0.1, -0.05) is 6.07 Å². The summed E-state index contributed by atoms with van der Waals surface area (Å²) in [5.41, 5.74) is 1.07. The lowest BCUT2D eigenvalue weighted by atomic mass is 10.2. The first-order chi connectivity index (χ1) is 11.2. The summed E-state index contributed by atoms with van der Waals surface area (Å²) < 4.78 is 16.6. The summed E-state index contributed by atoms with van der Waals surface area (Å²) in [6.45, 7) is 8.71. The van der Waals surface area contributed by atoms with Crippen molar-refractivity contribution in [2.45, 2.75) is 19.9 Å². The zero-order valence-electron chi connectivity index (χ0n) is 13.8. The molecule has 0 radical (unpaired) electrons. The van der Waals surface area contributed by atoms with Crippen molar-refractivity contribution in [3.8, 4) is 11.5 Å². The van der Waals surface area contributed by atoms with Gasteiger partial charge in [-0.15, -0.1) is 0 Å². The fourth-order valence-corrected chi connectivity index (χ4v) is 3.07. The maximum Gasteiger partial charge on any atom is 0.323 e. The number of para-hydroxylation sites is 1. The van der Waals surface area contributed by atoms with Crippen molar-refractivity contribution in [2.24, 2.45) is 0 Å². The van der Waals surface area contributed by atoms with Crippen LogP contribution in [0.3, 0.4) is 0 Å². The standard InChI is InChI=1S/C17H24N2O4/c1-3-21-17(20)13(2)18-7-9-19(10-8-18)14-5-4-6-15-16(14)23-12-11-22-15/h4-6,13H,3,7-12H2,1-2H3/t13-/m1/s1. The van der Waals surface area contributed by atoms with Crippen molar-refractivity contribution in [3.63, 3.8) is 0 Å². The largest absolute Gasteiger partial charge is 0.486 e. The van der Waals surface area contributed by atoms with E-state index in [2.05, 4.69) is 15.9 Å². The smallest absolute Gasteiger partial charge is 0.323 e. The number of hydrogen-bond acceptors (Lipinski definition) is 6. The van der Waals surface area contributed by atoms with Crippen LogP contribution in [0.25, 0.3) is 0 Å². The topological polar surface area (TPSA) is 51.2 Å². The monoisotopic (exact) mass is 320 g/mol. The van der Waals surface area contributed by atoms with Gasteiger partial charge < -0.3 is 19.1 Å². The average molecular weight is 320 g/mol. The molecule has 0 amide bonds. The van der Waals surface area contributed by atoms with Crippen LogP contribution in [0.4, 0.5) is 5.69 Å². The molecule has 0 saturated carbocycles. The Morgan fingerprint density at radius 1 is 1.22 bits per heavy atom. The molecule has 3 rings (SSSR count). The third-order valence-electron chi connectivity index (χ3n) is 4.38. The van der Waals surface area contributed by atoms with E-state index in [0.717, 1.165) is 43.4 Å². The number of ether oxygens (including phenoxy) is 3. The minimum Gasteiger partial charge on any atom is -0.486 e. The van der Waals surface area contributed by atoms with Gasteiger partial charge in [0.2, 0.25) is 0 Å². The van der Waals surface area contributed by atoms with Crippen molar-refractivity contribution in [3.05, 3.63) is 18.2 Å². The zero-order chi connectivity index (χ0) is 16.2. The van der Waals surface area contributed by atoms with E-state index in [9.17, 15) is 4.79 Å². The van der Waals surface area contributed by atoms with Crippen LogP contribution >= 0.6 is 0 Å². The summed E-state index contributed by atoms with van der Waals surface area (Å²) in [7, 11) is 0. The zero-order valence-corrected chi connectivity index (χ0v) is 13.8. The molecule has 1 aromatic rings. The lowest BCUT2D eigenvalue weighted by Gasteiger charge is -2.39. The number of esters is 1. The van der Waals surface area contributed by atoms with E-state index in [1.165, 1.54) is 0 Å². The highest BCUT2D eigenvalue weighted by atomic mass is 16.6. The second-order valence-corrected chi connectivity index (χ2v) is 5.75. The number of anilines is 1. The molecule has 0 spiro atoms. The Labute approximate surface area is 136 Å². The SMILES string of the molecule is CCOC(=O)[C@@H](C)N1CCN(c2cccc3c2OCCO3)CC1. The Hall–Kier alpha value is -1.95. The van der Waals surface area contributed by atoms with Gasteiger partial charge in [-0.2, -0.15) is 0 Å². The van der Waals surface area contributed by atoms with Crippen LogP contribution in [-0.2, 0) is 9.53 Å². The molecule has 6 heteroatoms. The second kappa shape index (κ2) is 7.08. The summed E-state index contributed by atoms with van der Waals surface area (Å²) in [6.07, 6.45) is 0. The molecule has 1 atom stereocenters. The molecule has 23 heavy (non-hydrogen) atoms. The van der Waals surface area contributed by atoms with E-state index in [-0.39, 0.29) is 12.0 Å². The van der Waals surface area contributed by atoms with Gasteiger partial charge in [-0.25, -0.2) is 0 Å². The number of nitrogens with zero attached hydrogens (tertiary/aromatic N) is 2.